The van der Waals surface area contributed by atoms with Crippen molar-refractivity contribution in [2.75, 3.05) is 18.5 Å². The maximum absolute atomic E-state index is 13.3. The zero-order chi connectivity index (χ0) is 22.3. The van der Waals surface area contributed by atoms with Crippen molar-refractivity contribution in [3.05, 3.63) is 60.4 Å². The molecule has 2 aromatic carbocycles. The lowest BCUT2D eigenvalue weighted by Crippen LogP contribution is -2.52. The number of urea groups is 1. The summed E-state index contributed by atoms with van der Waals surface area (Å²) in [4.78, 5) is 12.1. The number of sulfonamides is 1. The van der Waals surface area contributed by atoms with Crippen LogP contribution < -0.4 is 15.4 Å². The molecule has 2 aromatic rings. The summed E-state index contributed by atoms with van der Waals surface area (Å²) in [5.74, 6) is -0.626. The highest BCUT2D eigenvalue weighted by Crippen LogP contribution is 2.22. The Morgan fingerprint density at radius 2 is 1.90 bits per heavy atom. The van der Waals surface area contributed by atoms with E-state index in [0.717, 1.165) is 6.07 Å². The van der Waals surface area contributed by atoms with E-state index in [1.165, 1.54) is 18.2 Å². The van der Waals surface area contributed by atoms with Crippen molar-refractivity contribution < 1.29 is 27.4 Å². The number of halogens is 1. The predicted octanol–water partition coefficient (Wildman–Crippen LogP) is 2.22. The standard InChI is InChI=1S/C21H26FN3O5S/c22-15-5-4-8-18(13-15)31(28,29)23-12-11-17-9-10-19(20(14-26)30-17)25-21(27)24-16-6-2-1-3-7-16/h1-8,13,17,19-20,23,26H,9-12,14H2,(H2,24,25,27)/t17-,19-,20+/m0/s1. The third-order valence-electron chi connectivity index (χ3n) is 5.01. The Hall–Kier alpha value is -2.53. The van der Waals surface area contributed by atoms with Crippen molar-refractivity contribution in [1.82, 2.24) is 10.0 Å². The summed E-state index contributed by atoms with van der Waals surface area (Å²) in [6.45, 7) is -0.171. The Bertz CT molecular complexity index is 974. The number of benzene rings is 2. The number of carbonyl (C=O) groups is 1. The predicted molar refractivity (Wildman–Crippen MR) is 114 cm³/mol. The van der Waals surface area contributed by atoms with Gasteiger partial charge in [-0.25, -0.2) is 22.3 Å². The first-order valence-corrected chi connectivity index (χ1v) is 11.5. The summed E-state index contributed by atoms with van der Waals surface area (Å²) >= 11 is 0. The molecule has 31 heavy (non-hydrogen) atoms. The maximum Gasteiger partial charge on any atom is 0.319 e. The number of anilines is 1. The first-order chi connectivity index (χ1) is 14.9. The Morgan fingerprint density at radius 3 is 2.61 bits per heavy atom. The largest absolute Gasteiger partial charge is 0.394 e. The van der Waals surface area contributed by atoms with Crippen LogP contribution in [-0.4, -0.2) is 51.0 Å². The number of para-hydroxylation sites is 1. The smallest absolute Gasteiger partial charge is 0.319 e. The van der Waals surface area contributed by atoms with E-state index < -0.39 is 21.9 Å². The van der Waals surface area contributed by atoms with E-state index in [0.29, 0.717) is 24.9 Å². The number of hydrogen-bond acceptors (Lipinski definition) is 5. The van der Waals surface area contributed by atoms with Crippen LogP contribution in [-0.2, 0) is 14.8 Å². The number of ether oxygens (including phenoxy) is 1. The van der Waals surface area contributed by atoms with E-state index in [1.54, 1.807) is 12.1 Å². The number of aliphatic hydroxyl groups excluding tert-OH is 1. The van der Waals surface area contributed by atoms with E-state index in [9.17, 15) is 22.7 Å². The van der Waals surface area contributed by atoms with Gasteiger partial charge in [-0.2, -0.15) is 0 Å². The summed E-state index contributed by atoms with van der Waals surface area (Å²) in [7, 11) is -3.82. The highest BCUT2D eigenvalue weighted by Gasteiger charge is 2.32. The third kappa shape index (κ3) is 6.73. The minimum Gasteiger partial charge on any atom is -0.394 e. The molecule has 0 spiro atoms. The molecule has 10 heteroatoms. The number of carbonyl (C=O) groups excluding carboxylic acids is 1. The third-order valence-corrected chi connectivity index (χ3v) is 6.47. The molecule has 2 amide bonds. The Kier molecular flexibility index (Phi) is 7.97. The first kappa shape index (κ1) is 23.1. The summed E-state index contributed by atoms with van der Waals surface area (Å²) in [6.07, 6.45) is 0.680. The Morgan fingerprint density at radius 1 is 1.13 bits per heavy atom. The van der Waals surface area contributed by atoms with E-state index in [-0.39, 0.29) is 36.2 Å². The Balaban J connectivity index is 1.46. The van der Waals surface area contributed by atoms with Gasteiger partial charge >= 0.3 is 6.03 Å². The average molecular weight is 452 g/mol. The maximum atomic E-state index is 13.3. The van der Waals surface area contributed by atoms with E-state index in [1.807, 2.05) is 18.2 Å². The normalized spacial score (nSPS) is 21.4. The van der Waals surface area contributed by atoms with Crippen molar-refractivity contribution in [1.29, 1.82) is 0 Å². The second-order valence-electron chi connectivity index (χ2n) is 7.27. The number of nitrogens with one attached hydrogen (secondary N) is 3. The van der Waals surface area contributed by atoms with Gasteiger partial charge < -0.3 is 20.5 Å². The minimum atomic E-state index is -3.82. The number of aliphatic hydroxyl groups is 1. The van der Waals surface area contributed by atoms with Gasteiger partial charge in [0.05, 0.1) is 23.6 Å². The molecular formula is C21H26FN3O5S. The molecule has 3 atom stereocenters. The van der Waals surface area contributed by atoms with Crippen molar-refractivity contribution in [2.45, 2.75) is 42.4 Å². The number of rotatable bonds is 8. The molecule has 3 rings (SSSR count). The van der Waals surface area contributed by atoms with Crippen LogP contribution >= 0.6 is 0 Å². The molecule has 0 aromatic heterocycles. The fourth-order valence-electron chi connectivity index (χ4n) is 3.44. The van der Waals surface area contributed by atoms with Crippen molar-refractivity contribution >= 4 is 21.7 Å². The zero-order valence-corrected chi connectivity index (χ0v) is 17.6. The quantitative estimate of drug-likeness (QED) is 0.491. The second kappa shape index (κ2) is 10.7. The van der Waals surface area contributed by atoms with Gasteiger partial charge in [0.25, 0.3) is 0 Å². The van der Waals surface area contributed by atoms with Gasteiger partial charge in [-0.3, -0.25) is 0 Å². The molecule has 0 unspecified atom stereocenters. The van der Waals surface area contributed by atoms with Crippen LogP contribution in [0.25, 0.3) is 0 Å². The van der Waals surface area contributed by atoms with Crippen LogP contribution in [0, 0.1) is 5.82 Å². The van der Waals surface area contributed by atoms with Crippen LogP contribution in [0.1, 0.15) is 19.3 Å². The molecule has 4 N–H and O–H groups in total. The number of hydrogen-bond donors (Lipinski definition) is 4. The van der Waals surface area contributed by atoms with Crippen molar-refractivity contribution in [3.8, 4) is 0 Å². The van der Waals surface area contributed by atoms with Gasteiger partial charge in [0.2, 0.25) is 10.0 Å². The van der Waals surface area contributed by atoms with Crippen molar-refractivity contribution in [3.63, 3.8) is 0 Å². The number of amides is 2. The molecule has 1 fully saturated rings. The summed E-state index contributed by atoms with van der Waals surface area (Å²) < 4.78 is 46.1. The van der Waals surface area contributed by atoms with Crippen LogP contribution in [0.15, 0.2) is 59.5 Å². The molecule has 0 saturated carbocycles. The van der Waals surface area contributed by atoms with Crippen LogP contribution in [0.4, 0.5) is 14.9 Å². The highest BCUT2D eigenvalue weighted by atomic mass is 32.2. The minimum absolute atomic E-state index is 0.105. The molecule has 0 radical (unpaired) electrons. The first-order valence-electron chi connectivity index (χ1n) is 10.0. The highest BCUT2D eigenvalue weighted by molar-refractivity contribution is 7.89. The molecule has 0 aliphatic carbocycles. The topological polar surface area (TPSA) is 117 Å². The SMILES string of the molecule is O=C(Nc1ccccc1)N[C@H]1CC[C@@H](CCNS(=O)(=O)c2cccc(F)c2)O[C@@H]1CO. The summed E-state index contributed by atoms with van der Waals surface area (Å²) in [5.41, 5.74) is 0.653. The molecular weight excluding hydrogens is 425 g/mol. The van der Waals surface area contributed by atoms with Gasteiger partial charge in [0.15, 0.2) is 0 Å². The second-order valence-corrected chi connectivity index (χ2v) is 9.04. The van der Waals surface area contributed by atoms with Crippen LogP contribution in [0.2, 0.25) is 0 Å². The molecule has 0 bridgehead atoms. The van der Waals surface area contributed by atoms with Crippen molar-refractivity contribution in [2.24, 2.45) is 0 Å². The zero-order valence-electron chi connectivity index (χ0n) is 16.8. The van der Waals surface area contributed by atoms with Gasteiger partial charge in [-0.1, -0.05) is 24.3 Å². The average Bonchev–Trinajstić information content (AvgIpc) is 2.75. The summed E-state index contributed by atoms with van der Waals surface area (Å²) in [6, 6.07) is 13.0. The lowest BCUT2D eigenvalue weighted by atomic mass is 9.97. The molecule has 1 heterocycles. The molecule has 8 nitrogen and oxygen atoms in total. The van der Waals surface area contributed by atoms with E-state index in [4.69, 9.17) is 4.74 Å². The van der Waals surface area contributed by atoms with Gasteiger partial charge in [-0.15, -0.1) is 0 Å². The summed E-state index contributed by atoms with van der Waals surface area (Å²) in [5, 5.41) is 15.2. The fraction of sp³-hybridized carbons (Fsp3) is 0.381. The van der Waals surface area contributed by atoms with E-state index >= 15 is 0 Å². The lowest BCUT2D eigenvalue weighted by Gasteiger charge is -2.36. The fourth-order valence-corrected chi connectivity index (χ4v) is 4.52. The van der Waals surface area contributed by atoms with Gasteiger partial charge in [-0.05, 0) is 49.6 Å². The monoisotopic (exact) mass is 451 g/mol. The molecule has 1 aliphatic heterocycles. The van der Waals surface area contributed by atoms with Gasteiger partial charge in [0, 0.05) is 12.2 Å². The molecule has 1 saturated heterocycles. The van der Waals surface area contributed by atoms with Crippen LogP contribution in [0.5, 0.6) is 0 Å². The lowest BCUT2D eigenvalue weighted by molar-refractivity contribution is -0.0884. The Labute approximate surface area is 180 Å². The molecule has 1 aliphatic rings. The van der Waals surface area contributed by atoms with E-state index in [2.05, 4.69) is 15.4 Å². The van der Waals surface area contributed by atoms with Gasteiger partial charge in [0.1, 0.15) is 11.9 Å². The van der Waals surface area contributed by atoms with Crippen LogP contribution in [0.3, 0.4) is 0 Å². The molecule has 168 valence electrons.